The summed E-state index contributed by atoms with van der Waals surface area (Å²) in [6.45, 7) is 12.8. The number of rotatable bonds is 47. The van der Waals surface area contributed by atoms with Crippen LogP contribution in [0.3, 0.4) is 0 Å². The van der Waals surface area contributed by atoms with Crippen LogP contribution in [0.25, 0.3) is 0 Å². The summed E-state index contributed by atoms with van der Waals surface area (Å²) in [4.78, 5) is 15.4. The highest BCUT2D eigenvalue weighted by Gasteiger charge is 2.12. The van der Waals surface area contributed by atoms with Gasteiger partial charge in [0.1, 0.15) is 0 Å². The molecule has 0 aliphatic rings. The molecule has 0 aliphatic heterocycles. The quantitative estimate of drug-likeness (QED) is 0.0466. The van der Waals surface area contributed by atoms with Crippen molar-refractivity contribution >= 4 is 5.91 Å². The third kappa shape index (κ3) is 43.9. The van der Waals surface area contributed by atoms with Crippen LogP contribution in [0.2, 0.25) is 0 Å². The van der Waals surface area contributed by atoms with E-state index in [1.54, 1.807) is 0 Å². The van der Waals surface area contributed by atoms with Gasteiger partial charge < -0.3 is 26.6 Å². The standard InChI is InChI=1S/C47H99N5O/c1-3-5-7-9-11-13-15-17-19-21-23-25-27-29-31-33-44-52(47(53)46-51-43-37-42-50-41-36-40-49-39-35-38-48)45-34-32-30-28-26-24-22-20-18-16-14-12-10-8-6-4-2/h49-51H,3-46,48H2,1-2H3. The van der Waals surface area contributed by atoms with Crippen LogP contribution in [0.15, 0.2) is 0 Å². The molecule has 0 radical (unpaired) electrons. The zero-order valence-electron chi connectivity index (χ0n) is 36.5. The fourth-order valence-corrected chi connectivity index (χ4v) is 7.52. The topological polar surface area (TPSA) is 82.4 Å². The van der Waals surface area contributed by atoms with Crippen LogP contribution in [0.4, 0.5) is 0 Å². The molecule has 53 heavy (non-hydrogen) atoms. The summed E-state index contributed by atoms with van der Waals surface area (Å²) in [7, 11) is 0. The van der Waals surface area contributed by atoms with Gasteiger partial charge in [0.25, 0.3) is 0 Å². The second kappa shape index (κ2) is 47.5. The van der Waals surface area contributed by atoms with E-state index in [-0.39, 0.29) is 0 Å². The zero-order valence-corrected chi connectivity index (χ0v) is 36.5. The van der Waals surface area contributed by atoms with Gasteiger partial charge in [0, 0.05) is 13.1 Å². The Labute approximate surface area is 333 Å². The van der Waals surface area contributed by atoms with Crippen LogP contribution < -0.4 is 21.7 Å². The highest BCUT2D eigenvalue weighted by atomic mass is 16.2. The van der Waals surface area contributed by atoms with E-state index in [4.69, 9.17) is 5.73 Å². The molecule has 6 nitrogen and oxygen atoms in total. The molecule has 0 spiro atoms. The lowest BCUT2D eigenvalue weighted by atomic mass is 10.0. The molecule has 0 aromatic rings. The van der Waals surface area contributed by atoms with Crippen molar-refractivity contribution in [3.05, 3.63) is 0 Å². The Morgan fingerprint density at radius 1 is 0.358 bits per heavy atom. The Kier molecular flexibility index (Phi) is 46.8. The molecule has 0 fully saturated rings. The molecule has 1 amide bonds. The first kappa shape index (κ1) is 52.3. The van der Waals surface area contributed by atoms with E-state index in [2.05, 4.69) is 34.7 Å². The number of carbonyl (C=O) groups excluding carboxylic acids is 1. The lowest BCUT2D eigenvalue weighted by molar-refractivity contribution is -0.130. The molecule has 0 rings (SSSR count). The van der Waals surface area contributed by atoms with Gasteiger partial charge in [-0.3, -0.25) is 4.79 Å². The van der Waals surface area contributed by atoms with Gasteiger partial charge in [-0.2, -0.15) is 0 Å². The number of nitrogens with zero attached hydrogens (tertiary/aromatic N) is 1. The number of nitrogens with two attached hydrogens (primary N) is 1. The molecule has 318 valence electrons. The third-order valence-corrected chi connectivity index (χ3v) is 11.2. The Hall–Kier alpha value is -0.690. The molecule has 0 saturated carbocycles. The summed E-state index contributed by atoms with van der Waals surface area (Å²) in [5, 5.41) is 10.4. The van der Waals surface area contributed by atoms with Crippen LogP contribution >= 0.6 is 0 Å². The largest absolute Gasteiger partial charge is 0.342 e. The van der Waals surface area contributed by atoms with Gasteiger partial charge in [-0.25, -0.2) is 0 Å². The van der Waals surface area contributed by atoms with E-state index in [1.807, 2.05) is 0 Å². The molecule has 0 aliphatic carbocycles. The second-order valence-corrected chi connectivity index (χ2v) is 16.5. The molecule has 0 aromatic carbocycles. The molecule has 0 heterocycles. The number of hydrogen-bond donors (Lipinski definition) is 4. The first-order valence-electron chi connectivity index (χ1n) is 24.4. The average molecular weight is 750 g/mol. The van der Waals surface area contributed by atoms with Crippen molar-refractivity contribution in [2.75, 3.05) is 58.9 Å². The van der Waals surface area contributed by atoms with Crippen LogP contribution in [0, 0.1) is 0 Å². The van der Waals surface area contributed by atoms with E-state index >= 15 is 0 Å². The molecular formula is C47H99N5O. The van der Waals surface area contributed by atoms with Gasteiger partial charge in [0.15, 0.2) is 0 Å². The highest BCUT2D eigenvalue weighted by molar-refractivity contribution is 5.78. The smallest absolute Gasteiger partial charge is 0.236 e. The fourth-order valence-electron chi connectivity index (χ4n) is 7.52. The van der Waals surface area contributed by atoms with Gasteiger partial charge in [0.2, 0.25) is 5.91 Å². The highest BCUT2D eigenvalue weighted by Crippen LogP contribution is 2.16. The normalized spacial score (nSPS) is 11.5. The van der Waals surface area contributed by atoms with Crippen LogP contribution in [-0.4, -0.2) is 69.7 Å². The monoisotopic (exact) mass is 750 g/mol. The van der Waals surface area contributed by atoms with Crippen molar-refractivity contribution in [3.63, 3.8) is 0 Å². The van der Waals surface area contributed by atoms with Crippen LogP contribution in [0.5, 0.6) is 0 Å². The van der Waals surface area contributed by atoms with Crippen molar-refractivity contribution in [2.24, 2.45) is 5.73 Å². The van der Waals surface area contributed by atoms with Crippen molar-refractivity contribution in [2.45, 2.75) is 239 Å². The molecule has 0 bridgehead atoms. The summed E-state index contributed by atoms with van der Waals surface area (Å²) in [6.07, 6.45) is 47.7. The third-order valence-electron chi connectivity index (χ3n) is 11.2. The summed E-state index contributed by atoms with van der Waals surface area (Å²) in [6, 6.07) is 0. The first-order chi connectivity index (χ1) is 26.3. The Morgan fingerprint density at radius 2 is 0.623 bits per heavy atom. The van der Waals surface area contributed by atoms with Gasteiger partial charge in [0.05, 0.1) is 6.54 Å². The molecule has 0 atom stereocenters. The summed E-state index contributed by atoms with van der Waals surface area (Å²) < 4.78 is 0. The van der Waals surface area contributed by atoms with E-state index in [1.165, 1.54) is 193 Å². The number of carbonyl (C=O) groups is 1. The van der Waals surface area contributed by atoms with Gasteiger partial charge in [-0.15, -0.1) is 0 Å². The van der Waals surface area contributed by atoms with Crippen molar-refractivity contribution in [1.29, 1.82) is 0 Å². The summed E-state index contributed by atoms with van der Waals surface area (Å²) >= 11 is 0. The molecule has 0 unspecified atom stereocenters. The zero-order chi connectivity index (χ0) is 38.4. The number of nitrogens with one attached hydrogen (secondary N) is 3. The Morgan fingerprint density at radius 3 is 0.925 bits per heavy atom. The molecule has 0 aromatic heterocycles. The molecule has 5 N–H and O–H groups in total. The average Bonchev–Trinajstić information content (AvgIpc) is 3.17. The maximum absolute atomic E-state index is 13.2. The fraction of sp³-hybridized carbons (Fsp3) is 0.979. The van der Waals surface area contributed by atoms with Crippen molar-refractivity contribution in [1.82, 2.24) is 20.9 Å². The minimum Gasteiger partial charge on any atom is -0.342 e. The summed E-state index contributed by atoms with van der Waals surface area (Å²) in [5.41, 5.74) is 5.55. The Balaban J connectivity index is 4.06. The van der Waals surface area contributed by atoms with E-state index < -0.39 is 0 Å². The van der Waals surface area contributed by atoms with Crippen LogP contribution in [-0.2, 0) is 4.79 Å². The number of unbranched alkanes of at least 4 members (excludes halogenated alkanes) is 30. The number of amides is 1. The maximum Gasteiger partial charge on any atom is 0.236 e. The van der Waals surface area contributed by atoms with E-state index in [9.17, 15) is 4.79 Å². The maximum atomic E-state index is 13.2. The van der Waals surface area contributed by atoms with Crippen molar-refractivity contribution in [3.8, 4) is 0 Å². The number of hydrogen-bond acceptors (Lipinski definition) is 5. The SMILES string of the molecule is CCCCCCCCCCCCCCCCCCN(CCCCCCCCCCCCCCCCCC)C(=O)CNCCCNCCCNCCCN. The molecular weight excluding hydrogens is 651 g/mol. The second-order valence-electron chi connectivity index (χ2n) is 16.5. The van der Waals surface area contributed by atoms with E-state index in [0.717, 1.165) is 84.5 Å². The minimum absolute atomic E-state index is 0.309. The first-order valence-corrected chi connectivity index (χ1v) is 24.4. The van der Waals surface area contributed by atoms with Crippen LogP contribution in [0.1, 0.15) is 239 Å². The van der Waals surface area contributed by atoms with Gasteiger partial charge >= 0.3 is 0 Å². The summed E-state index contributed by atoms with van der Waals surface area (Å²) in [5.74, 6) is 0.309. The van der Waals surface area contributed by atoms with Gasteiger partial charge in [-0.05, 0) is 71.4 Å². The predicted octanol–water partition coefficient (Wildman–Crippen LogP) is 12.2. The minimum atomic E-state index is 0.309. The lowest BCUT2D eigenvalue weighted by Gasteiger charge is -2.23. The van der Waals surface area contributed by atoms with E-state index in [0.29, 0.717) is 12.5 Å². The Bertz CT molecular complexity index is 641. The molecule has 6 heteroatoms. The lowest BCUT2D eigenvalue weighted by Crippen LogP contribution is -2.40. The predicted molar refractivity (Wildman–Crippen MR) is 237 cm³/mol. The van der Waals surface area contributed by atoms with Crippen molar-refractivity contribution < 1.29 is 4.79 Å². The molecule has 0 saturated heterocycles. The van der Waals surface area contributed by atoms with Gasteiger partial charge in [-0.1, -0.05) is 206 Å².